The van der Waals surface area contributed by atoms with Crippen molar-refractivity contribution in [3.63, 3.8) is 0 Å². The predicted molar refractivity (Wildman–Crippen MR) is 153 cm³/mol. The van der Waals surface area contributed by atoms with Crippen LogP contribution in [0.3, 0.4) is 0 Å². The highest BCUT2D eigenvalue weighted by atomic mass is 35.5. The first-order valence-electron chi connectivity index (χ1n) is 14.5. The van der Waals surface area contributed by atoms with Crippen LogP contribution in [0.4, 0.5) is 0 Å². The van der Waals surface area contributed by atoms with Crippen LogP contribution in [0.2, 0.25) is 5.02 Å². The van der Waals surface area contributed by atoms with E-state index in [1.165, 1.54) is 5.56 Å². The molecule has 2 aliphatic carbocycles. The monoisotopic (exact) mass is 538 g/mol. The van der Waals surface area contributed by atoms with Gasteiger partial charge in [0, 0.05) is 54.8 Å². The average molecular weight is 539 g/mol. The molecule has 3 N–H and O–H groups in total. The second-order valence-corrected chi connectivity index (χ2v) is 12.2. The third-order valence-corrected chi connectivity index (χ3v) is 9.88. The molecule has 1 saturated heterocycles. The predicted octanol–water partition coefficient (Wildman–Crippen LogP) is 5.97. The molecule has 3 aliphatic rings. The number of methoxy groups -OCH3 is 1. The molecule has 2 aromatic rings. The van der Waals surface area contributed by atoms with Gasteiger partial charge in [0.2, 0.25) is 5.91 Å². The molecule has 1 aliphatic heterocycles. The third-order valence-electron chi connectivity index (χ3n) is 9.56. The van der Waals surface area contributed by atoms with E-state index in [-0.39, 0.29) is 17.9 Å². The van der Waals surface area contributed by atoms with Crippen LogP contribution < -0.4 is 5.73 Å². The number of ether oxygens (including phenoxy) is 1. The molecule has 2 atom stereocenters. The Labute approximate surface area is 232 Å². The summed E-state index contributed by atoms with van der Waals surface area (Å²) in [5.41, 5.74) is 9.97. The van der Waals surface area contributed by atoms with E-state index in [1.54, 1.807) is 7.11 Å². The zero-order valence-electron chi connectivity index (χ0n) is 23.0. The van der Waals surface area contributed by atoms with E-state index in [2.05, 4.69) is 42.2 Å². The van der Waals surface area contributed by atoms with Gasteiger partial charge in [-0.1, -0.05) is 48.9 Å². The topological polar surface area (TPSA) is 75.8 Å². The van der Waals surface area contributed by atoms with Gasteiger partial charge in [0.1, 0.15) is 5.60 Å². The SMILES string of the molecule is CCc1cccc(-c2c(Cl)ccc3c2[C@](O)(CCCCOC)[C@@]32CCCN(C(=O)C3CCC(N)CC3)C2)c1. The number of fused-ring (bicyclic) bond motifs is 2. The normalized spacial score (nSPS) is 28.7. The molecule has 1 heterocycles. The van der Waals surface area contributed by atoms with Gasteiger partial charge in [0.25, 0.3) is 0 Å². The molecule has 1 saturated carbocycles. The van der Waals surface area contributed by atoms with Gasteiger partial charge in [0.05, 0.1) is 0 Å². The number of nitrogens with two attached hydrogens (primary N) is 1. The van der Waals surface area contributed by atoms with E-state index in [9.17, 15) is 9.90 Å². The Hall–Kier alpha value is -1.92. The van der Waals surface area contributed by atoms with E-state index in [0.717, 1.165) is 86.6 Å². The molecule has 0 bridgehead atoms. The molecule has 6 heteroatoms. The van der Waals surface area contributed by atoms with Gasteiger partial charge in [-0.3, -0.25) is 4.79 Å². The number of carbonyl (C=O) groups is 1. The lowest BCUT2D eigenvalue weighted by Gasteiger charge is -2.62. The molecule has 0 radical (unpaired) electrons. The Balaban J connectivity index is 1.54. The van der Waals surface area contributed by atoms with Gasteiger partial charge in [-0.15, -0.1) is 0 Å². The van der Waals surface area contributed by atoms with E-state index >= 15 is 0 Å². The lowest BCUT2D eigenvalue weighted by Crippen LogP contribution is -2.66. The Bertz CT molecular complexity index is 1160. The quantitative estimate of drug-likeness (QED) is 0.406. The van der Waals surface area contributed by atoms with Crippen LogP contribution in [0.15, 0.2) is 36.4 Å². The molecule has 1 spiro atoms. The summed E-state index contributed by atoms with van der Waals surface area (Å²) in [6.45, 7) is 4.15. The van der Waals surface area contributed by atoms with Gasteiger partial charge in [-0.25, -0.2) is 0 Å². The number of hydrogen-bond acceptors (Lipinski definition) is 4. The van der Waals surface area contributed by atoms with E-state index < -0.39 is 11.0 Å². The summed E-state index contributed by atoms with van der Waals surface area (Å²) < 4.78 is 5.31. The van der Waals surface area contributed by atoms with Gasteiger partial charge >= 0.3 is 0 Å². The van der Waals surface area contributed by atoms with Gasteiger partial charge in [0.15, 0.2) is 0 Å². The number of likely N-dealkylation sites (tertiary alicyclic amines) is 1. The van der Waals surface area contributed by atoms with Crippen molar-refractivity contribution in [3.05, 3.63) is 58.1 Å². The zero-order valence-corrected chi connectivity index (χ0v) is 23.7. The van der Waals surface area contributed by atoms with E-state index in [1.807, 2.05) is 6.07 Å². The highest BCUT2D eigenvalue weighted by Crippen LogP contribution is 2.64. The van der Waals surface area contributed by atoms with Gasteiger partial charge in [-0.2, -0.15) is 0 Å². The van der Waals surface area contributed by atoms with Crippen LogP contribution in [0.5, 0.6) is 0 Å². The van der Waals surface area contributed by atoms with E-state index in [4.69, 9.17) is 22.1 Å². The van der Waals surface area contributed by atoms with Crippen molar-refractivity contribution in [2.45, 2.75) is 88.2 Å². The first-order valence-corrected chi connectivity index (χ1v) is 14.9. The summed E-state index contributed by atoms with van der Waals surface area (Å²) in [7, 11) is 1.72. The summed E-state index contributed by atoms with van der Waals surface area (Å²) in [5.74, 6) is 0.299. The molecule has 2 fully saturated rings. The summed E-state index contributed by atoms with van der Waals surface area (Å²) in [6, 6.07) is 12.8. The maximum Gasteiger partial charge on any atom is 0.225 e. The van der Waals surface area contributed by atoms with E-state index in [0.29, 0.717) is 24.6 Å². The van der Waals surface area contributed by atoms with Crippen LogP contribution >= 0.6 is 11.6 Å². The highest BCUT2D eigenvalue weighted by molar-refractivity contribution is 6.33. The van der Waals surface area contributed by atoms with Crippen LogP contribution in [0.25, 0.3) is 11.1 Å². The fourth-order valence-corrected chi connectivity index (χ4v) is 7.72. The number of halogens is 1. The largest absolute Gasteiger partial charge is 0.385 e. The van der Waals surface area contributed by atoms with Crippen LogP contribution in [-0.4, -0.2) is 48.8 Å². The smallest absolute Gasteiger partial charge is 0.225 e. The van der Waals surface area contributed by atoms with Crippen molar-refractivity contribution >= 4 is 17.5 Å². The molecule has 5 nitrogen and oxygen atoms in total. The fourth-order valence-electron chi connectivity index (χ4n) is 7.45. The molecule has 5 rings (SSSR count). The molecule has 1 amide bonds. The van der Waals surface area contributed by atoms with Crippen molar-refractivity contribution in [1.29, 1.82) is 0 Å². The first kappa shape index (κ1) is 27.6. The van der Waals surface area contributed by atoms with Crippen molar-refractivity contribution in [2.24, 2.45) is 11.7 Å². The second kappa shape index (κ2) is 11.3. The number of aliphatic hydroxyl groups is 1. The summed E-state index contributed by atoms with van der Waals surface area (Å²) in [6.07, 6.45) is 8.64. The Morgan fingerprint density at radius 2 is 1.97 bits per heavy atom. The highest BCUT2D eigenvalue weighted by Gasteiger charge is 2.64. The van der Waals surface area contributed by atoms with Crippen molar-refractivity contribution < 1.29 is 14.6 Å². The minimum Gasteiger partial charge on any atom is -0.385 e. The minimum absolute atomic E-state index is 0.0526. The second-order valence-electron chi connectivity index (χ2n) is 11.8. The molecule has 206 valence electrons. The van der Waals surface area contributed by atoms with Crippen molar-refractivity contribution in [2.75, 3.05) is 26.8 Å². The lowest BCUT2D eigenvalue weighted by atomic mass is 9.47. The Kier molecular flexibility index (Phi) is 8.21. The van der Waals surface area contributed by atoms with Gasteiger partial charge in [-0.05, 0) is 92.5 Å². The number of piperidine rings is 1. The number of amides is 1. The number of rotatable bonds is 8. The van der Waals surface area contributed by atoms with Crippen LogP contribution in [-0.2, 0) is 27.0 Å². The standard InChI is InChI=1S/C32H43ClN2O3/c1-3-22-8-6-9-24(20-22)28-27(33)15-14-26-29(28)32(37,17-4-5-19-38-2)31(26)16-7-18-35(21-31)30(36)23-10-12-25(34)13-11-23/h6,8-9,14-15,20,23,25,37H,3-5,7,10-13,16-19,21,34H2,1-2H3/t23?,25?,31-,32-/m1/s1. The molecular formula is C32H43ClN2O3. The van der Waals surface area contributed by atoms with Crippen LogP contribution in [0.1, 0.15) is 81.4 Å². The number of nitrogens with zero attached hydrogens (tertiary/aromatic N) is 1. The maximum absolute atomic E-state index is 13.7. The van der Waals surface area contributed by atoms with Crippen molar-refractivity contribution in [3.8, 4) is 11.1 Å². The molecule has 38 heavy (non-hydrogen) atoms. The lowest BCUT2D eigenvalue weighted by molar-refractivity contribution is -0.150. The number of benzene rings is 2. The van der Waals surface area contributed by atoms with Gasteiger partial charge < -0.3 is 20.5 Å². The van der Waals surface area contributed by atoms with Crippen molar-refractivity contribution in [1.82, 2.24) is 4.90 Å². The number of aryl methyl sites for hydroxylation is 1. The average Bonchev–Trinajstić information content (AvgIpc) is 2.95. The molecular weight excluding hydrogens is 496 g/mol. The summed E-state index contributed by atoms with van der Waals surface area (Å²) in [5, 5.41) is 13.4. The zero-order chi connectivity index (χ0) is 26.9. The Morgan fingerprint density at radius 1 is 1.18 bits per heavy atom. The summed E-state index contributed by atoms with van der Waals surface area (Å²) >= 11 is 6.89. The first-order chi connectivity index (χ1) is 18.3. The third kappa shape index (κ3) is 4.70. The number of unbranched alkanes of at least 4 members (excludes halogenated alkanes) is 1. The summed E-state index contributed by atoms with van der Waals surface area (Å²) in [4.78, 5) is 15.7. The Morgan fingerprint density at radius 3 is 2.71 bits per heavy atom. The van der Waals surface area contributed by atoms with Crippen LogP contribution in [0, 0.1) is 5.92 Å². The molecule has 0 aromatic heterocycles. The number of hydrogen-bond donors (Lipinski definition) is 2. The molecule has 0 unspecified atom stereocenters. The minimum atomic E-state index is -1.05. The fraction of sp³-hybridized carbons (Fsp3) is 0.594. The number of carbonyl (C=O) groups excluding carboxylic acids is 1. The maximum atomic E-state index is 13.7. The molecule has 2 aromatic carbocycles.